The lowest BCUT2D eigenvalue weighted by Crippen LogP contribution is -2.58. The zero-order chi connectivity index (χ0) is 33.6. The predicted molar refractivity (Wildman–Crippen MR) is 216 cm³/mol. The molecule has 0 amide bonds. The average molecular weight is 696 g/mol. The van der Waals surface area contributed by atoms with Gasteiger partial charge in [0.15, 0.2) is 0 Å². The Labute approximate surface area is 308 Å². The molecule has 0 aromatic heterocycles. The summed E-state index contributed by atoms with van der Waals surface area (Å²) in [5, 5.41) is 0. The summed E-state index contributed by atoms with van der Waals surface area (Å²) in [4.78, 5) is 10.4. The van der Waals surface area contributed by atoms with E-state index in [9.17, 15) is 0 Å². The van der Waals surface area contributed by atoms with Gasteiger partial charge in [-0.2, -0.15) is 0 Å². The van der Waals surface area contributed by atoms with Crippen molar-refractivity contribution in [3.05, 3.63) is 180 Å². The molecule has 0 radical (unpaired) electrons. The van der Waals surface area contributed by atoms with Crippen molar-refractivity contribution >= 4 is 75.4 Å². The van der Waals surface area contributed by atoms with Crippen LogP contribution in [0.2, 0.25) is 0 Å². The number of nitrogens with zero attached hydrogens (tertiary/aromatic N) is 1. The van der Waals surface area contributed by atoms with E-state index >= 15 is 0 Å². The van der Waals surface area contributed by atoms with Gasteiger partial charge < -0.3 is 4.90 Å². The van der Waals surface area contributed by atoms with Gasteiger partial charge in [-0.05, 0) is 97.0 Å². The van der Waals surface area contributed by atoms with Crippen LogP contribution in [0.4, 0.5) is 17.1 Å². The first-order chi connectivity index (χ1) is 24.6. The van der Waals surface area contributed by atoms with Crippen LogP contribution in [0, 0.1) is 13.8 Å². The van der Waals surface area contributed by atoms with Crippen molar-refractivity contribution in [2.24, 2.45) is 0 Å². The van der Waals surface area contributed by atoms with Crippen LogP contribution in [0.3, 0.4) is 0 Å². The molecule has 2 aliphatic heterocycles. The van der Waals surface area contributed by atoms with Crippen LogP contribution >= 0.6 is 35.3 Å². The molecule has 0 unspecified atom stereocenters. The highest BCUT2D eigenvalue weighted by Gasteiger charge is 2.38. The highest BCUT2D eigenvalue weighted by atomic mass is 32.2. The second-order valence-corrected chi connectivity index (χ2v) is 16.4. The lowest BCUT2D eigenvalue weighted by atomic mass is 9.36. The minimum atomic E-state index is 0.231. The molecular weight excluding hydrogens is 662 g/mol. The van der Waals surface area contributed by atoms with Gasteiger partial charge in [0.2, 0.25) is 6.71 Å². The van der Waals surface area contributed by atoms with Crippen molar-refractivity contribution in [3.8, 4) is 0 Å². The van der Waals surface area contributed by atoms with Gasteiger partial charge in [-0.3, -0.25) is 0 Å². The molecule has 7 aromatic carbocycles. The summed E-state index contributed by atoms with van der Waals surface area (Å²) in [6.45, 7) is 4.63. The Hall–Kier alpha value is -4.55. The number of rotatable bonds is 7. The molecule has 0 bridgehead atoms. The number of benzene rings is 7. The largest absolute Gasteiger partial charge is 0.309 e. The summed E-state index contributed by atoms with van der Waals surface area (Å²) in [7, 11) is 0. The minimum absolute atomic E-state index is 0.231. The smallest absolute Gasteiger partial charge is 0.247 e. The second kappa shape index (κ2) is 13.3. The minimum Gasteiger partial charge on any atom is -0.309 e. The fourth-order valence-electron chi connectivity index (χ4n) is 7.31. The van der Waals surface area contributed by atoms with Gasteiger partial charge in [-0.15, -0.1) is 0 Å². The summed E-state index contributed by atoms with van der Waals surface area (Å²) >= 11 is 5.68. The van der Waals surface area contributed by atoms with Crippen molar-refractivity contribution in [2.45, 2.75) is 49.6 Å². The summed E-state index contributed by atoms with van der Waals surface area (Å²) < 4.78 is 0. The Morgan fingerprint density at radius 3 is 1.76 bits per heavy atom. The van der Waals surface area contributed by atoms with Crippen LogP contribution < -0.4 is 21.3 Å². The summed E-state index contributed by atoms with van der Waals surface area (Å²) in [5.74, 6) is 0. The summed E-state index contributed by atoms with van der Waals surface area (Å²) in [6.07, 6.45) is 0.853. The van der Waals surface area contributed by atoms with Crippen LogP contribution in [0.5, 0.6) is 0 Å². The Balaban J connectivity index is 1.28. The molecule has 2 aliphatic rings. The first kappa shape index (κ1) is 31.4. The van der Waals surface area contributed by atoms with Gasteiger partial charge in [0.25, 0.3) is 0 Å². The normalized spacial score (nSPS) is 12.6. The highest BCUT2D eigenvalue weighted by Crippen LogP contribution is 2.48. The lowest BCUT2D eigenvalue weighted by Gasteiger charge is -2.35. The van der Waals surface area contributed by atoms with Gasteiger partial charge in [0.05, 0.1) is 5.69 Å². The third kappa shape index (κ3) is 5.88. The topological polar surface area (TPSA) is 3.24 Å². The molecule has 5 heteroatoms. The fraction of sp³-hybridized carbons (Fsp3) is 0.0667. The molecule has 9 rings (SSSR count). The van der Waals surface area contributed by atoms with Crippen molar-refractivity contribution in [1.29, 1.82) is 0 Å². The summed E-state index contributed by atoms with van der Waals surface area (Å²) in [5.41, 5.74) is 13.0. The molecular formula is C45H34BNS3. The zero-order valence-electron chi connectivity index (χ0n) is 28.0. The molecule has 1 nitrogen and oxygen atoms in total. The van der Waals surface area contributed by atoms with Crippen molar-refractivity contribution < 1.29 is 0 Å². The van der Waals surface area contributed by atoms with Crippen LogP contribution in [0.15, 0.2) is 187 Å². The molecule has 0 fully saturated rings. The van der Waals surface area contributed by atoms with E-state index in [-0.39, 0.29) is 6.71 Å². The Morgan fingerprint density at radius 2 is 1.10 bits per heavy atom. The Morgan fingerprint density at radius 1 is 0.540 bits per heavy atom. The van der Waals surface area contributed by atoms with Gasteiger partial charge in [0, 0.05) is 40.7 Å². The summed E-state index contributed by atoms with van der Waals surface area (Å²) in [6, 6.07) is 58.5. The molecule has 0 saturated carbocycles. The second-order valence-electron chi connectivity index (χ2n) is 13.1. The average Bonchev–Trinajstić information content (AvgIpc) is 3.14. The molecule has 0 spiro atoms. The van der Waals surface area contributed by atoms with Gasteiger partial charge in [-0.25, -0.2) is 0 Å². The quantitative estimate of drug-likeness (QED) is 0.153. The monoisotopic (exact) mass is 695 g/mol. The van der Waals surface area contributed by atoms with E-state index in [1.807, 2.05) is 35.3 Å². The van der Waals surface area contributed by atoms with Crippen molar-refractivity contribution in [2.75, 3.05) is 4.90 Å². The number of hydrogen-bond donors (Lipinski definition) is 0. The Bertz CT molecular complexity index is 2210. The molecule has 2 heterocycles. The third-order valence-electron chi connectivity index (χ3n) is 9.58. The van der Waals surface area contributed by atoms with E-state index in [1.54, 1.807) is 0 Å². The van der Waals surface area contributed by atoms with Crippen molar-refractivity contribution in [1.82, 2.24) is 0 Å². The molecule has 7 aromatic rings. The fourth-order valence-corrected chi connectivity index (χ4v) is 10.8. The van der Waals surface area contributed by atoms with E-state index in [2.05, 4.69) is 176 Å². The molecule has 0 atom stereocenters. The number of hydrogen-bond acceptors (Lipinski definition) is 4. The van der Waals surface area contributed by atoms with Crippen molar-refractivity contribution in [3.63, 3.8) is 0 Å². The number of fused-ring (bicyclic) bond motifs is 4. The first-order valence-corrected chi connectivity index (χ1v) is 19.5. The predicted octanol–water partition coefficient (Wildman–Crippen LogP) is 11.0. The van der Waals surface area contributed by atoms with Crippen LogP contribution in [0.1, 0.15) is 22.3 Å². The molecule has 0 N–H and O–H groups in total. The van der Waals surface area contributed by atoms with E-state index in [4.69, 9.17) is 0 Å². The lowest BCUT2D eigenvalue weighted by molar-refractivity contribution is 1.12. The van der Waals surface area contributed by atoms with Crippen LogP contribution in [-0.4, -0.2) is 6.71 Å². The van der Waals surface area contributed by atoms with Crippen LogP contribution in [-0.2, 0) is 6.42 Å². The van der Waals surface area contributed by atoms with Crippen LogP contribution in [0.25, 0.3) is 0 Å². The van der Waals surface area contributed by atoms with Gasteiger partial charge in [-0.1, -0.05) is 155 Å². The number of anilines is 3. The van der Waals surface area contributed by atoms with Gasteiger partial charge >= 0.3 is 0 Å². The maximum absolute atomic E-state index is 2.54. The zero-order valence-corrected chi connectivity index (χ0v) is 30.4. The molecule has 0 aliphatic carbocycles. The maximum Gasteiger partial charge on any atom is 0.247 e. The Kier molecular flexibility index (Phi) is 8.36. The van der Waals surface area contributed by atoms with E-state index in [0.29, 0.717) is 0 Å². The molecule has 50 heavy (non-hydrogen) atoms. The first-order valence-electron chi connectivity index (χ1n) is 17.1. The maximum atomic E-state index is 2.54. The standard InChI is InChI=1S/C45H34BNS3/c1-30-21-23-38(33(25-30)27-32-13-5-3-6-14-32)47(39-24-22-31(2)26-42(39)48-35-15-7-4-8-16-35)34-28-43-45-44(29-34)50-41-20-12-10-18-37(41)46(45)36-17-9-11-19-40(36)49-43/h3-26,28-29H,27H2,1-2H3. The van der Waals surface area contributed by atoms with E-state index < -0.39 is 0 Å². The SMILES string of the molecule is Cc1ccc(N(c2cc3c4c(c2)Sc2ccccc2B4c2ccccc2S3)c2ccc(C)cc2Sc2ccccc2)c(Cc2ccccc2)c1. The van der Waals surface area contributed by atoms with E-state index in [0.717, 1.165) is 6.42 Å². The van der Waals surface area contributed by atoms with Gasteiger partial charge in [0.1, 0.15) is 0 Å². The molecule has 0 saturated heterocycles. The molecule has 240 valence electrons. The third-order valence-corrected chi connectivity index (χ3v) is 12.9. The number of aryl methyl sites for hydroxylation is 2. The van der Waals surface area contributed by atoms with E-state index in [1.165, 1.54) is 85.1 Å². The highest BCUT2D eigenvalue weighted by molar-refractivity contribution is 8.01.